The first kappa shape index (κ1) is 13.3. The Morgan fingerprint density at radius 1 is 1.56 bits per heavy atom. The van der Waals surface area contributed by atoms with E-state index in [0.717, 1.165) is 0 Å². The van der Waals surface area contributed by atoms with Gasteiger partial charge in [-0.2, -0.15) is 0 Å². The van der Waals surface area contributed by atoms with Crippen LogP contribution >= 0.6 is 15.9 Å². The average molecular weight is 318 g/mol. The molecular weight excluding hydrogens is 306 g/mol. The Bertz CT molecular complexity index is 467. The van der Waals surface area contributed by atoms with E-state index in [2.05, 4.69) is 15.9 Å². The van der Waals surface area contributed by atoms with E-state index in [1.807, 2.05) is 0 Å². The monoisotopic (exact) mass is 317 g/mol. The van der Waals surface area contributed by atoms with Crippen molar-refractivity contribution in [2.45, 2.75) is 24.7 Å². The highest BCUT2D eigenvalue weighted by atomic mass is 79.9. The number of hydrogen-bond donors (Lipinski definition) is 1. The Hall–Kier alpha value is -1.18. The summed E-state index contributed by atoms with van der Waals surface area (Å²) in [7, 11) is 1.47. The van der Waals surface area contributed by atoms with Crippen molar-refractivity contribution in [2.24, 2.45) is 0 Å². The van der Waals surface area contributed by atoms with E-state index in [0.29, 0.717) is 10.9 Å². The summed E-state index contributed by atoms with van der Waals surface area (Å²) in [6, 6.07) is 4.57. The molecule has 6 nitrogen and oxygen atoms in total. The maximum Gasteiger partial charge on any atom is 0.312 e. The second-order valence-corrected chi connectivity index (χ2v) is 4.94. The van der Waals surface area contributed by atoms with E-state index in [1.165, 1.54) is 19.2 Å². The molecule has 2 rings (SSSR count). The van der Waals surface area contributed by atoms with Gasteiger partial charge < -0.3 is 14.6 Å². The molecular formula is C11H12BrNO5. The number of hydrogen-bond acceptors (Lipinski definition) is 5. The molecule has 0 aromatic heterocycles. The number of methoxy groups -OCH3 is 1. The molecule has 18 heavy (non-hydrogen) atoms. The van der Waals surface area contributed by atoms with Crippen molar-refractivity contribution in [3.63, 3.8) is 0 Å². The number of halogens is 1. The summed E-state index contributed by atoms with van der Waals surface area (Å²) in [5.74, 6) is 0.183. The smallest absolute Gasteiger partial charge is 0.312 e. The van der Waals surface area contributed by atoms with E-state index in [4.69, 9.17) is 9.47 Å². The highest BCUT2D eigenvalue weighted by Gasteiger charge is 2.43. The number of benzene rings is 1. The maximum absolute atomic E-state index is 10.9. The van der Waals surface area contributed by atoms with Crippen molar-refractivity contribution in [1.29, 1.82) is 0 Å². The van der Waals surface area contributed by atoms with Gasteiger partial charge in [-0.15, -0.1) is 0 Å². The van der Waals surface area contributed by atoms with Gasteiger partial charge in [0.05, 0.1) is 11.0 Å². The van der Waals surface area contributed by atoms with Crippen LogP contribution in [-0.2, 0) is 4.74 Å². The van der Waals surface area contributed by atoms with Crippen LogP contribution in [0.15, 0.2) is 22.7 Å². The molecule has 0 aliphatic heterocycles. The molecule has 1 aliphatic rings. The van der Waals surface area contributed by atoms with E-state index < -0.39 is 17.1 Å². The topological polar surface area (TPSA) is 81.8 Å². The van der Waals surface area contributed by atoms with Crippen molar-refractivity contribution in [2.75, 3.05) is 7.11 Å². The highest BCUT2D eigenvalue weighted by molar-refractivity contribution is 9.10. The van der Waals surface area contributed by atoms with Crippen LogP contribution in [0.25, 0.3) is 0 Å². The summed E-state index contributed by atoms with van der Waals surface area (Å²) < 4.78 is 11.2. The number of ether oxygens (including phenoxy) is 2. The van der Waals surface area contributed by atoms with Crippen LogP contribution in [0.2, 0.25) is 0 Å². The normalized spacial score (nSPS) is 26.5. The molecule has 1 saturated carbocycles. The van der Waals surface area contributed by atoms with Crippen LogP contribution in [0, 0.1) is 10.1 Å². The summed E-state index contributed by atoms with van der Waals surface area (Å²) >= 11 is 3.17. The zero-order valence-corrected chi connectivity index (χ0v) is 11.2. The maximum atomic E-state index is 10.9. The number of nitro groups is 1. The van der Waals surface area contributed by atoms with Crippen LogP contribution in [0.4, 0.5) is 5.69 Å². The largest absolute Gasteiger partial charge is 0.481 e. The lowest BCUT2D eigenvalue weighted by atomic mass is 9.88. The molecule has 98 valence electrons. The number of nitrogens with zero attached hydrogens (tertiary/aromatic N) is 1. The zero-order valence-electron chi connectivity index (χ0n) is 9.58. The molecule has 0 radical (unpaired) electrons. The van der Waals surface area contributed by atoms with Crippen molar-refractivity contribution in [3.05, 3.63) is 32.8 Å². The SMILES string of the molecule is COC1C(O)CC1Oc1ccc(Br)cc1[N+](=O)[O-]. The van der Waals surface area contributed by atoms with Crippen LogP contribution in [0.5, 0.6) is 5.75 Å². The van der Waals surface area contributed by atoms with Gasteiger partial charge in [-0.1, -0.05) is 15.9 Å². The van der Waals surface area contributed by atoms with E-state index in [1.54, 1.807) is 6.07 Å². The van der Waals surface area contributed by atoms with Crippen LogP contribution in [0.3, 0.4) is 0 Å². The van der Waals surface area contributed by atoms with Gasteiger partial charge in [0.15, 0.2) is 5.75 Å². The first-order chi connectivity index (χ1) is 8.52. The van der Waals surface area contributed by atoms with Gasteiger partial charge in [-0.05, 0) is 12.1 Å². The molecule has 3 unspecified atom stereocenters. The van der Waals surface area contributed by atoms with Crippen LogP contribution in [-0.4, -0.2) is 35.5 Å². The minimum absolute atomic E-state index is 0.111. The van der Waals surface area contributed by atoms with E-state index in [-0.39, 0.29) is 17.5 Å². The fourth-order valence-electron chi connectivity index (χ4n) is 1.88. The Labute approximate surface area is 112 Å². The first-order valence-corrected chi connectivity index (χ1v) is 6.13. The summed E-state index contributed by atoms with van der Waals surface area (Å²) in [5.41, 5.74) is -0.111. The lowest BCUT2D eigenvalue weighted by Gasteiger charge is -2.39. The Kier molecular flexibility index (Phi) is 3.84. The minimum atomic E-state index is -0.575. The van der Waals surface area contributed by atoms with Gasteiger partial charge in [0.1, 0.15) is 12.2 Å². The fourth-order valence-corrected chi connectivity index (χ4v) is 2.23. The predicted molar refractivity (Wildman–Crippen MR) is 66.6 cm³/mol. The van der Waals surface area contributed by atoms with Crippen LogP contribution < -0.4 is 4.74 Å². The molecule has 1 aromatic rings. The number of aliphatic hydroxyl groups is 1. The number of nitro benzene ring substituents is 1. The predicted octanol–water partition coefficient (Wildman–Crippen LogP) is 1.88. The summed E-state index contributed by atoms with van der Waals surface area (Å²) in [6.45, 7) is 0. The molecule has 0 saturated heterocycles. The molecule has 7 heteroatoms. The van der Waals surface area contributed by atoms with E-state index >= 15 is 0 Å². The zero-order chi connectivity index (χ0) is 13.3. The fraction of sp³-hybridized carbons (Fsp3) is 0.455. The highest BCUT2D eigenvalue weighted by Crippen LogP contribution is 2.35. The van der Waals surface area contributed by atoms with Gasteiger partial charge in [0, 0.05) is 24.1 Å². The lowest BCUT2D eigenvalue weighted by Crippen LogP contribution is -2.54. The van der Waals surface area contributed by atoms with E-state index in [9.17, 15) is 15.2 Å². The van der Waals surface area contributed by atoms with Gasteiger partial charge in [-0.25, -0.2) is 0 Å². The third kappa shape index (κ3) is 2.47. The molecule has 3 atom stereocenters. The van der Waals surface area contributed by atoms with Gasteiger partial charge in [0.25, 0.3) is 0 Å². The van der Waals surface area contributed by atoms with Gasteiger partial charge in [0.2, 0.25) is 0 Å². The lowest BCUT2D eigenvalue weighted by molar-refractivity contribution is -0.386. The minimum Gasteiger partial charge on any atom is -0.481 e. The van der Waals surface area contributed by atoms with Crippen molar-refractivity contribution >= 4 is 21.6 Å². The summed E-state index contributed by atoms with van der Waals surface area (Å²) in [5, 5.41) is 20.3. The second kappa shape index (κ2) is 5.21. The molecule has 0 bridgehead atoms. The Morgan fingerprint density at radius 2 is 2.28 bits per heavy atom. The number of aliphatic hydroxyl groups excluding tert-OH is 1. The quantitative estimate of drug-likeness (QED) is 0.677. The average Bonchev–Trinajstić information content (AvgIpc) is 2.30. The van der Waals surface area contributed by atoms with Crippen molar-refractivity contribution in [1.82, 2.24) is 0 Å². The molecule has 1 aliphatic carbocycles. The third-order valence-corrected chi connectivity index (χ3v) is 3.38. The Balaban J connectivity index is 2.17. The number of rotatable bonds is 4. The second-order valence-electron chi connectivity index (χ2n) is 4.03. The summed E-state index contributed by atoms with van der Waals surface area (Å²) in [4.78, 5) is 10.4. The Morgan fingerprint density at radius 3 is 2.83 bits per heavy atom. The van der Waals surface area contributed by atoms with Crippen molar-refractivity contribution in [3.8, 4) is 5.75 Å². The molecule has 0 spiro atoms. The van der Waals surface area contributed by atoms with Crippen molar-refractivity contribution < 1.29 is 19.5 Å². The van der Waals surface area contributed by atoms with Crippen LogP contribution in [0.1, 0.15) is 6.42 Å². The molecule has 1 fully saturated rings. The van der Waals surface area contributed by atoms with Gasteiger partial charge in [-0.3, -0.25) is 10.1 Å². The first-order valence-electron chi connectivity index (χ1n) is 5.34. The van der Waals surface area contributed by atoms with Gasteiger partial charge >= 0.3 is 5.69 Å². The molecule has 0 heterocycles. The standard InChI is InChI=1S/C11H12BrNO5/c1-17-11-8(14)5-10(11)18-9-3-2-6(12)4-7(9)13(15)16/h2-4,8,10-11,14H,5H2,1H3. The third-order valence-electron chi connectivity index (χ3n) is 2.89. The molecule has 1 N–H and O–H groups in total. The molecule has 1 aromatic carbocycles. The molecule has 0 amide bonds. The summed E-state index contributed by atoms with van der Waals surface area (Å²) in [6.07, 6.45) is -0.959.